The molecule has 36 heavy (non-hydrogen) atoms. The molecule has 3 aromatic rings. The van der Waals surface area contributed by atoms with Gasteiger partial charge in [-0.15, -0.1) is 0 Å². The van der Waals surface area contributed by atoms with E-state index < -0.39 is 21.5 Å². The monoisotopic (exact) mass is 517 g/mol. The Morgan fingerprint density at radius 3 is 2.47 bits per heavy atom. The number of halogens is 2. The van der Waals surface area contributed by atoms with E-state index in [9.17, 15) is 22.0 Å². The molecule has 1 aliphatic rings. The molecule has 0 unspecified atom stereocenters. The Morgan fingerprint density at radius 2 is 1.81 bits per heavy atom. The van der Waals surface area contributed by atoms with Gasteiger partial charge in [0.2, 0.25) is 11.8 Å². The van der Waals surface area contributed by atoms with Gasteiger partial charge in [-0.3, -0.25) is 9.69 Å². The lowest BCUT2D eigenvalue weighted by atomic mass is 10.1. The maximum absolute atomic E-state index is 14.4. The highest BCUT2D eigenvalue weighted by Crippen LogP contribution is 2.31. The largest absolute Gasteiger partial charge is 0.474 e. The van der Waals surface area contributed by atoms with Crippen molar-refractivity contribution in [3.8, 4) is 17.5 Å². The Labute approximate surface area is 207 Å². The fourth-order valence-corrected chi connectivity index (χ4v) is 4.47. The molecule has 1 aliphatic heterocycles. The molecule has 0 radical (unpaired) electrons. The minimum absolute atomic E-state index is 0.0872. The average molecular weight is 518 g/mol. The van der Waals surface area contributed by atoms with E-state index in [1.54, 1.807) is 13.0 Å². The molecule has 11 heteroatoms. The number of nitrogens with zero attached hydrogens (tertiary/aromatic N) is 3. The Kier molecular flexibility index (Phi) is 7.60. The molecule has 1 fully saturated rings. The fourth-order valence-electron chi connectivity index (χ4n) is 3.84. The number of ether oxygens (including phenoxy) is 2. The minimum atomic E-state index is -3.55. The molecule has 0 saturated carbocycles. The summed E-state index contributed by atoms with van der Waals surface area (Å²) in [5.41, 5.74) is 0.813. The van der Waals surface area contributed by atoms with Gasteiger partial charge in [-0.1, -0.05) is 12.1 Å². The summed E-state index contributed by atoms with van der Waals surface area (Å²) in [4.78, 5) is 22.5. The lowest BCUT2D eigenvalue weighted by molar-refractivity contribution is 0.0774. The summed E-state index contributed by atoms with van der Waals surface area (Å²) in [7, 11) is -3.55. The van der Waals surface area contributed by atoms with Crippen LogP contribution in [0.5, 0.6) is 17.5 Å². The predicted octanol–water partition coefficient (Wildman–Crippen LogP) is 3.99. The number of aromatic nitrogens is 2. The minimum Gasteiger partial charge on any atom is -0.474 e. The van der Waals surface area contributed by atoms with Gasteiger partial charge in [0.15, 0.2) is 27.2 Å². The topological polar surface area (TPSA) is 98.7 Å². The van der Waals surface area contributed by atoms with Crippen LogP contribution in [0, 0.1) is 18.6 Å². The first-order valence-corrected chi connectivity index (χ1v) is 13.2. The number of hydrogen-bond acceptors (Lipinski definition) is 8. The number of carbonyl (C=O) groups excluding carboxylic acids is 1. The van der Waals surface area contributed by atoms with Crippen molar-refractivity contribution < 1.29 is 31.5 Å². The molecule has 1 aromatic heterocycles. The zero-order chi connectivity index (χ0) is 25.9. The molecule has 0 N–H and O–H groups in total. The summed E-state index contributed by atoms with van der Waals surface area (Å²) >= 11 is 0. The zero-order valence-electron chi connectivity index (χ0n) is 19.8. The second kappa shape index (κ2) is 10.7. The van der Waals surface area contributed by atoms with Gasteiger partial charge in [0.25, 0.3) is 0 Å². The lowest BCUT2D eigenvalue weighted by Gasteiger charge is -2.31. The molecule has 0 aliphatic carbocycles. The van der Waals surface area contributed by atoms with Crippen molar-refractivity contribution in [3.63, 3.8) is 0 Å². The number of piperidine rings is 1. The molecule has 0 spiro atoms. The number of benzene rings is 2. The summed E-state index contributed by atoms with van der Waals surface area (Å²) in [6.45, 7) is 3.12. The number of Topliss-reactive ketones (excluding diaryl/α,β-unsaturated/α-hetero) is 1. The molecule has 0 atom stereocenters. The van der Waals surface area contributed by atoms with E-state index in [4.69, 9.17) is 9.47 Å². The normalized spacial score (nSPS) is 15.0. The standard InChI is InChI=1S/C25H25F2N3O5S/c1-16-24(28-15-29-25(16)35-23-7-6-20(13-21(23)27)36(2,32)33)34-19-8-10-30(11-9-19)14-22(31)17-4-3-5-18(26)12-17/h3-7,12-13,15,19H,8-11,14H2,1-2H3. The highest BCUT2D eigenvalue weighted by atomic mass is 32.2. The molecule has 8 nitrogen and oxygen atoms in total. The zero-order valence-corrected chi connectivity index (χ0v) is 20.6. The molecule has 1 saturated heterocycles. The van der Waals surface area contributed by atoms with Crippen LogP contribution in [0.15, 0.2) is 53.7 Å². The molecule has 2 heterocycles. The number of rotatable bonds is 8. The van der Waals surface area contributed by atoms with Crippen molar-refractivity contribution in [3.05, 3.63) is 71.6 Å². The fraction of sp³-hybridized carbons (Fsp3) is 0.320. The van der Waals surface area contributed by atoms with E-state index in [0.29, 0.717) is 42.9 Å². The van der Waals surface area contributed by atoms with Gasteiger partial charge < -0.3 is 9.47 Å². The van der Waals surface area contributed by atoms with Crippen LogP contribution in [0.4, 0.5) is 8.78 Å². The third-order valence-corrected chi connectivity index (χ3v) is 6.97. The van der Waals surface area contributed by atoms with Crippen LogP contribution in [0.1, 0.15) is 28.8 Å². The summed E-state index contributed by atoms with van der Waals surface area (Å²) in [6, 6.07) is 9.04. The molecule has 2 aromatic carbocycles. The van der Waals surface area contributed by atoms with Gasteiger partial charge in [-0.2, -0.15) is 0 Å². The Hall–Kier alpha value is -3.44. The van der Waals surface area contributed by atoms with E-state index in [1.807, 2.05) is 4.90 Å². The highest BCUT2D eigenvalue weighted by molar-refractivity contribution is 7.90. The van der Waals surface area contributed by atoms with Crippen molar-refractivity contribution in [1.82, 2.24) is 14.9 Å². The van der Waals surface area contributed by atoms with Crippen molar-refractivity contribution in [2.24, 2.45) is 0 Å². The van der Waals surface area contributed by atoms with Gasteiger partial charge >= 0.3 is 0 Å². The number of carbonyl (C=O) groups is 1. The Balaban J connectivity index is 1.36. The second-order valence-electron chi connectivity index (χ2n) is 8.60. The molecule has 190 valence electrons. The first-order chi connectivity index (χ1) is 17.1. The van der Waals surface area contributed by atoms with Crippen molar-refractivity contribution in [2.45, 2.75) is 30.8 Å². The van der Waals surface area contributed by atoms with Gasteiger partial charge in [0.05, 0.1) is 17.0 Å². The van der Waals surface area contributed by atoms with Crippen LogP contribution in [-0.2, 0) is 9.84 Å². The molecular weight excluding hydrogens is 492 g/mol. The summed E-state index contributed by atoms with van der Waals surface area (Å²) < 4.78 is 62.7. The van der Waals surface area contributed by atoms with Crippen molar-refractivity contribution >= 4 is 15.6 Å². The van der Waals surface area contributed by atoms with Crippen molar-refractivity contribution in [2.75, 3.05) is 25.9 Å². The summed E-state index contributed by atoms with van der Waals surface area (Å²) in [6.07, 6.45) is 3.38. The van der Waals surface area contributed by atoms with Gasteiger partial charge in [-0.25, -0.2) is 27.2 Å². The quantitative estimate of drug-likeness (QED) is 0.414. The van der Waals surface area contributed by atoms with Crippen LogP contribution < -0.4 is 9.47 Å². The second-order valence-corrected chi connectivity index (χ2v) is 10.6. The molecular formula is C25H25F2N3O5S. The van der Waals surface area contributed by atoms with E-state index in [-0.39, 0.29) is 35.0 Å². The molecule has 4 rings (SSSR count). The van der Waals surface area contributed by atoms with Crippen LogP contribution in [0.3, 0.4) is 0 Å². The van der Waals surface area contributed by atoms with E-state index in [2.05, 4.69) is 9.97 Å². The first-order valence-electron chi connectivity index (χ1n) is 11.3. The average Bonchev–Trinajstić information content (AvgIpc) is 2.83. The molecule has 0 bridgehead atoms. The number of likely N-dealkylation sites (tertiary alicyclic amines) is 1. The molecule has 0 amide bonds. The summed E-state index contributed by atoms with van der Waals surface area (Å²) in [5.74, 6) is -1.21. The van der Waals surface area contributed by atoms with E-state index in [1.165, 1.54) is 36.7 Å². The maximum Gasteiger partial charge on any atom is 0.229 e. The van der Waals surface area contributed by atoms with Gasteiger partial charge in [-0.05, 0) is 50.1 Å². The van der Waals surface area contributed by atoms with Crippen LogP contribution >= 0.6 is 0 Å². The third kappa shape index (κ3) is 6.21. The van der Waals surface area contributed by atoms with Gasteiger partial charge in [0.1, 0.15) is 18.2 Å². The van der Waals surface area contributed by atoms with Crippen LogP contribution in [0.25, 0.3) is 0 Å². The highest BCUT2D eigenvalue weighted by Gasteiger charge is 2.24. The van der Waals surface area contributed by atoms with E-state index in [0.717, 1.165) is 12.3 Å². The predicted molar refractivity (Wildman–Crippen MR) is 127 cm³/mol. The number of ketones is 1. The lowest BCUT2D eigenvalue weighted by Crippen LogP contribution is -2.41. The van der Waals surface area contributed by atoms with Crippen LogP contribution in [-0.4, -0.2) is 61.1 Å². The maximum atomic E-state index is 14.4. The Bertz CT molecular complexity index is 1380. The van der Waals surface area contributed by atoms with E-state index >= 15 is 0 Å². The Morgan fingerprint density at radius 1 is 1.08 bits per heavy atom. The first kappa shape index (κ1) is 25.6. The smallest absolute Gasteiger partial charge is 0.229 e. The number of sulfone groups is 1. The SMILES string of the molecule is Cc1c(Oc2ccc(S(C)(=O)=O)cc2F)ncnc1OC1CCN(CC(=O)c2cccc(F)c2)CC1. The summed E-state index contributed by atoms with van der Waals surface area (Å²) in [5, 5.41) is 0. The van der Waals surface area contributed by atoms with Crippen molar-refractivity contribution in [1.29, 1.82) is 0 Å². The van der Waals surface area contributed by atoms with Crippen LogP contribution in [0.2, 0.25) is 0 Å². The number of hydrogen-bond donors (Lipinski definition) is 0. The van der Waals surface area contributed by atoms with Gasteiger partial charge in [0, 0.05) is 24.9 Å². The third-order valence-electron chi connectivity index (χ3n) is 5.86.